The van der Waals surface area contributed by atoms with Gasteiger partial charge in [-0.25, -0.2) is 0 Å². The van der Waals surface area contributed by atoms with Gasteiger partial charge in [0.2, 0.25) is 5.91 Å². The number of hydrogen-bond donors (Lipinski definition) is 1. The Morgan fingerprint density at radius 2 is 2.00 bits per heavy atom. The summed E-state index contributed by atoms with van der Waals surface area (Å²) in [6.45, 7) is 5.13. The molecule has 24 heavy (non-hydrogen) atoms. The van der Waals surface area contributed by atoms with Gasteiger partial charge in [0.05, 0.1) is 5.41 Å². The number of halogens is 1. The summed E-state index contributed by atoms with van der Waals surface area (Å²) in [6, 6.07) is 8.55. The molecule has 1 N–H and O–H groups in total. The first-order chi connectivity index (χ1) is 11.1. The maximum Gasteiger partial charge on any atom is 0.232 e. The first-order valence-corrected chi connectivity index (χ1v) is 9.17. The molecule has 1 aliphatic carbocycles. The maximum absolute atomic E-state index is 13.3. The molecule has 0 saturated carbocycles. The fourth-order valence-electron chi connectivity index (χ4n) is 4.39. The average Bonchev–Trinajstić information content (AvgIpc) is 2.60. The number of nitrogens with one attached hydrogen (secondary N) is 1. The minimum atomic E-state index is -0.313. The second-order valence-electron chi connectivity index (χ2n) is 7.47. The van der Waals surface area contributed by atoms with Gasteiger partial charge in [-0.15, -0.1) is 12.4 Å². The van der Waals surface area contributed by atoms with Gasteiger partial charge in [0, 0.05) is 13.1 Å². The van der Waals surface area contributed by atoms with Crippen molar-refractivity contribution in [1.29, 1.82) is 0 Å². The van der Waals surface area contributed by atoms with E-state index < -0.39 is 0 Å². The molecular weight excluding hydrogens is 320 g/mol. The van der Waals surface area contributed by atoms with Gasteiger partial charge in [-0.05, 0) is 76.1 Å². The van der Waals surface area contributed by atoms with Crippen molar-refractivity contribution in [1.82, 2.24) is 10.2 Å². The van der Waals surface area contributed by atoms with Crippen LogP contribution in [-0.2, 0) is 16.6 Å². The number of carbonyl (C=O) groups is 1. The van der Waals surface area contributed by atoms with Gasteiger partial charge in [-0.2, -0.15) is 0 Å². The lowest BCUT2D eigenvalue weighted by molar-refractivity contribution is -0.139. The number of carbonyl (C=O) groups excluding carboxylic acids is 1. The molecule has 3 nitrogen and oxygen atoms in total. The number of aryl methyl sites for hydroxylation is 1. The third kappa shape index (κ3) is 3.78. The molecule has 1 amide bonds. The standard InChI is InChI=1S/C20H30N2O.ClH/c1-20(12-5-7-17-6-3-4-8-18(17)20)19(23)22-14-10-16(11-15-22)9-13-21-2;/h3-4,6,8,16,21H,5,7,9-15H2,1-2H3;1H. The Hall–Kier alpha value is -1.06. The molecule has 3 rings (SSSR count). The summed E-state index contributed by atoms with van der Waals surface area (Å²) in [4.78, 5) is 15.4. The van der Waals surface area contributed by atoms with Gasteiger partial charge < -0.3 is 10.2 Å². The van der Waals surface area contributed by atoms with E-state index >= 15 is 0 Å². The topological polar surface area (TPSA) is 32.3 Å². The number of amides is 1. The molecular formula is C20H31ClN2O. The fraction of sp³-hybridized carbons (Fsp3) is 0.650. The van der Waals surface area contributed by atoms with E-state index in [4.69, 9.17) is 0 Å². The molecule has 1 aromatic carbocycles. The highest BCUT2D eigenvalue weighted by Crippen LogP contribution is 2.39. The van der Waals surface area contributed by atoms with Crippen LogP contribution in [0.4, 0.5) is 0 Å². The van der Waals surface area contributed by atoms with Crippen molar-refractivity contribution in [3.63, 3.8) is 0 Å². The van der Waals surface area contributed by atoms with E-state index in [1.165, 1.54) is 17.5 Å². The van der Waals surface area contributed by atoms with Crippen LogP contribution in [0.25, 0.3) is 0 Å². The van der Waals surface area contributed by atoms with Gasteiger partial charge in [0.1, 0.15) is 0 Å². The number of fused-ring (bicyclic) bond motifs is 1. The largest absolute Gasteiger partial charge is 0.342 e. The zero-order chi connectivity index (χ0) is 16.3. The molecule has 0 radical (unpaired) electrons. The molecule has 0 spiro atoms. The van der Waals surface area contributed by atoms with Crippen molar-refractivity contribution in [2.24, 2.45) is 5.92 Å². The van der Waals surface area contributed by atoms with Gasteiger partial charge in [0.25, 0.3) is 0 Å². The van der Waals surface area contributed by atoms with Gasteiger partial charge in [-0.1, -0.05) is 24.3 Å². The molecule has 1 atom stereocenters. The van der Waals surface area contributed by atoms with Crippen LogP contribution in [0.3, 0.4) is 0 Å². The van der Waals surface area contributed by atoms with Gasteiger partial charge in [0.15, 0.2) is 0 Å². The summed E-state index contributed by atoms with van der Waals surface area (Å²) >= 11 is 0. The van der Waals surface area contributed by atoms with Crippen LogP contribution >= 0.6 is 12.4 Å². The van der Waals surface area contributed by atoms with Crippen LogP contribution in [0, 0.1) is 5.92 Å². The molecule has 1 heterocycles. The molecule has 1 fully saturated rings. The Morgan fingerprint density at radius 3 is 2.71 bits per heavy atom. The molecule has 2 aliphatic rings. The minimum Gasteiger partial charge on any atom is -0.342 e. The summed E-state index contributed by atoms with van der Waals surface area (Å²) in [5, 5.41) is 3.24. The number of nitrogens with zero attached hydrogens (tertiary/aromatic N) is 1. The van der Waals surface area contributed by atoms with Gasteiger partial charge >= 0.3 is 0 Å². The zero-order valence-electron chi connectivity index (χ0n) is 15.0. The van der Waals surface area contributed by atoms with Gasteiger partial charge in [-0.3, -0.25) is 4.79 Å². The minimum absolute atomic E-state index is 0. The van der Waals surface area contributed by atoms with E-state index in [9.17, 15) is 4.79 Å². The molecule has 1 saturated heterocycles. The van der Waals surface area contributed by atoms with E-state index in [0.717, 1.165) is 57.7 Å². The predicted octanol–water partition coefficient (Wildman–Crippen LogP) is 3.55. The summed E-state index contributed by atoms with van der Waals surface area (Å²) in [7, 11) is 2.01. The molecule has 134 valence electrons. The Bertz CT molecular complexity index is 554. The Labute approximate surface area is 152 Å². The first-order valence-electron chi connectivity index (χ1n) is 9.17. The van der Waals surface area contributed by atoms with E-state index in [1.807, 2.05) is 7.05 Å². The second-order valence-corrected chi connectivity index (χ2v) is 7.47. The third-order valence-corrected chi connectivity index (χ3v) is 5.91. The zero-order valence-corrected chi connectivity index (χ0v) is 15.8. The number of piperidine rings is 1. The quantitative estimate of drug-likeness (QED) is 0.900. The SMILES string of the molecule is CNCCC1CCN(C(=O)C2(C)CCCc3ccccc32)CC1.Cl. The van der Waals surface area contributed by atoms with Crippen molar-refractivity contribution in [3.8, 4) is 0 Å². The molecule has 1 unspecified atom stereocenters. The van der Waals surface area contributed by atoms with Crippen LogP contribution in [0.5, 0.6) is 0 Å². The number of hydrogen-bond acceptors (Lipinski definition) is 2. The lowest BCUT2D eigenvalue weighted by Gasteiger charge is -2.41. The van der Waals surface area contributed by atoms with Crippen LogP contribution in [0.15, 0.2) is 24.3 Å². The van der Waals surface area contributed by atoms with Crippen molar-refractivity contribution in [2.75, 3.05) is 26.7 Å². The first kappa shape index (κ1) is 19.3. The van der Waals surface area contributed by atoms with E-state index in [2.05, 4.69) is 41.4 Å². The highest BCUT2D eigenvalue weighted by Gasteiger charge is 2.41. The summed E-state index contributed by atoms with van der Waals surface area (Å²) in [5.41, 5.74) is 2.33. The lowest BCUT2D eigenvalue weighted by atomic mass is 9.70. The van der Waals surface area contributed by atoms with E-state index in [1.54, 1.807) is 0 Å². The van der Waals surface area contributed by atoms with Crippen LogP contribution < -0.4 is 5.32 Å². The number of benzene rings is 1. The molecule has 4 heteroatoms. The normalized spacial score (nSPS) is 24.2. The van der Waals surface area contributed by atoms with Crippen molar-refractivity contribution < 1.29 is 4.79 Å². The van der Waals surface area contributed by atoms with E-state index in [0.29, 0.717) is 5.91 Å². The summed E-state index contributed by atoms with van der Waals surface area (Å²) in [6.07, 6.45) is 6.78. The summed E-state index contributed by atoms with van der Waals surface area (Å²) < 4.78 is 0. The second kappa shape index (κ2) is 8.35. The maximum atomic E-state index is 13.3. The molecule has 1 aromatic rings. The Balaban J connectivity index is 0.00000208. The van der Waals surface area contributed by atoms with Crippen LogP contribution in [0.2, 0.25) is 0 Å². The smallest absolute Gasteiger partial charge is 0.232 e. The average molecular weight is 351 g/mol. The lowest BCUT2D eigenvalue weighted by Crippen LogP contribution is -2.49. The van der Waals surface area contributed by atoms with E-state index in [-0.39, 0.29) is 17.8 Å². The van der Waals surface area contributed by atoms with Crippen molar-refractivity contribution in [3.05, 3.63) is 35.4 Å². The third-order valence-electron chi connectivity index (χ3n) is 5.91. The fourth-order valence-corrected chi connectivity index (χ4v) is 4.39. The predicted molar refractivity (Wildman–Crippen MR) is 102 cm³/mol. The molecule has 0 bridgehead atoms. The number of rotatable bonds is 4. The molecule has 0 aromatic heterocycles. The summed E-state index contributed by atoms with van der Waals surface area (Å²) in [5.74, 6) is 1.13. The van der Waals surface area contributed by atoms with Crippen molar-refractivity contribution >= 4 is 18.3 Å². The number of likely N-dealkylation sites (tertiary alicyclic amines) is 1. The van der Waals surface area contributed by atoms with Crippen LogP contribution in [0.1, 0.15) is 50.2 Å². The monoisotopic (exact) mass is 350 g/mol. The Morgan fingerprint density at radius 1 is 1.29 bits per heavy atom. The van der Waals surface area contributed by atoms with Crippen molar-refractivity contribution in [2.45, 2.75) is 50.9 Å². The Kier molecular flexibility index (Phi) is 6.70. The highest BCUT2D eigenvalue weighted by molar-refractivity contribution is 5.88. The van der Waals surface area contributed by atoms with Crippen LogP contribution in [-0.4, -0.2) is 37.5 Å². The highest BCUT2D eigenvalue weighted by atomic mass is 35.5. The molecule has 1 aliphatic heterocycles.